The second-order valence-corrected chi connectivity index (χ2v) is 7.72. The first-order chi connectivity index (χ1) is 11.4. The maximum absolute atomic E-state index is 13.2. The minimum Gasteiger partial charge on any atom is -0.494 e. The lowest BCUT2D eigenvalue weighted by atomic mass is 10.3. The third kappa shape index (κ3) is 6.94. The van der Waals surface area contributed by atoms with Crippen molar-refractivity contribution in [2.24, 2.45) is 0 Å². The Hall–Kier alpha value is -0.870. The molecule has 0 radical (unpaired) electrons. The number of ether oxygens (including phenoxy) is 1. The molecule has 0 amide bonds. The fourth-order valence-corrected chi connectivity index (χ4v) is 3.94. The van der Waals surface area contributed by atoms with Gasteiger partial charge in [-0.2, -0.15) is 0 Å². The number of unbranched alkanes of at least 4 members (excludes halogenated alkanes) is 1. The van der Waals surface area contributed by atoms with E-state index in [0.717, 1.165) is 12.8 Å². The van der Waals surface area contributed by atoms with Crippen molar-refractivity contribution < 1.29 is 18.3 Å². The standard InChI is InChI=1S/C16H24Cl2NO4P/c1-4-7-12-19(13-16(17)18)24(20,22-6-3)23-15-10-8-14(9-11-15)21-5-2/h8-11,13H,4-7,12H2,1-3H3/t24-/m1/s1. The third-order valence-electron chi connectivity index (χ3n) is 2.95. The molecule has 0 fully saturated rings. The second kappa shape index (κ2) is 10.9. The summed E-state index contributed by atoms with van der Waals surface area (Å²) < 4.78 is 31.1. The molecule has 1 atom stereocenters. The molecule has 0 unspecified atom stereocenters. The molecular weight excluding hydrogens is 372 g/mol. The van der Waals surface area contributed by atoms with Crippen LogP contribution in [-0.4, -0.2) is 24.4 Å². The van der Waals surface area contributed by atoms with Gasteiger partial charge in [-0.3, -0.25) is 9.19 Å². The largest absolute Gasteiger partial charge is 0.494 e. The Bertz CT molecular complexity index is 562. The molecular formula is C16H24Cl2NO4P. The molecule has 0 saturated heterocycles. The van der Waals surface area contributed by atoms with Crippen LogP contribution in [0.5, 0.6) is 11.5 Å². The van der Waals surface area contributed by atoms with Crippen LogP contribution in [0.15, 0.2) is 35.0 Å². The average Bonchev–Trinajstić information content (AvgIpc) is 2.53. The highest BCUT2D eigenvalue weighted by Crippen LogP contribution is 2.52. The quantitative estimate of drug-likeness (QED) is 0.430. The van der Waals surface area contributed by atoms with Crippen LogP contribution >= 0.6 is 30.9 Å². The Kier molecular flexibility index (Phi) is 9.60. The van der Waals surface area contributed by atoms with E-state index in [0.29, 0.717) is 24.7 Å². The minimum absolute atomic E-state index is 0.0127. The van der Waals surface area contributed by atoms with Gasteiger partial charge in [-0.1, -0.05) is 36.5 Å². The lowest BCUT2D eigenvalue weighted by molar-refractivity contribution is 0.235. The highest BCUT2D eigenvalue weighted by atomic mass is 35.5. The van der Waals surface area contributed by atoms with E-state index in [1.807, 2.05) is 13.8 Å². The monoisotopic (exact) mass is 395 g/mol. The van der Waals surface area contributed by atoms with Gasteiger partial charge < -0.3 is 9.26 Å². The van der Waals surface area contributed by atoms with E-state index < -0.39 is 7.75 Å². The summed E-state index contributed by atoms with van der Waals surface area (Å²) in [7, 11) is -3.62. The van der Waals surface area contributed by atoms with Gasteiger partial charge >= 0.3 is 7.75 Å². The van der Waals surface area contributed by atoms with Gasteiger partial charge in [-0.05, 0) is 44.5 Å². The van der Waals surface area contributed by atoms with E-state index >= 15 is 0 Å². The Morgan fingerprint density at radius 2 is 1.75 bits per heavy atom. The Labute approximate surface area is 154 Å². The van der Waals surface area contributed by atoms with Gasteiger partial charge in [0, 0.05) is 12.7 Å². The van der Waals surface area contributed by atoms with Gasteiger partial charge in [0.1, 0.15) is 16.0 Å². The summed E-state index contributed by atoms with van der Waals surface area (Å²) in [6, 6.07) is 6.85. The lowest BCUT2D eigenvalue weighted by Crippen LogP contribution is -2.21. The maximum atomic E-state index is 13.2. The summed E-state index contributed by atoms with van der Waals surface area (Å²) >= 11 is 11.5. The van der Waals surface area contributed by atoms with E-state index in [-0.39, 0.29) is 11.1 Å². The van der Waals surface area contributed by atoms with E-state index in [4.69, 9.17) is 37.0 Å². The van der Waals surface area contributed by atoms with Crippen LogP contribution in [0, 0.1) is 0 Å². The highest BCUT2D eigenvalue weighted by molar-refractivity contribution is 7.51. The van der Waals surface area contributed by atoms with Crippen molar-refractivity contribution in [2.75, 3.05) is 19.8 Å². The summed E-state index contributed by atoms with van der Waals surface area (Å²) in [6.45, 7) is 6.93. The van der Waals surface area contributed by atoms with Crippen LogP contribution < -0.4 is 9.26 Å². The summed E-state index contributed by atoms with van der Waals surface area (Å²) in [4.78, 5) is 0. The minimum atomic E-state index is -3.62. The van der Waals surface area contributed by atoms with Gasteiger partial charge in [0.05, 0.1) is 13.2 Å². The Morgan fingerprint density at radius 1 is 1.12 bits per heavy atom. The second-order valence-electron chi connectivity index (χ2n) is 4.82. The SMILES string of the molecule is CCCCN(C=C(Cl)Cl)[P@@](=O)(OCC)Oc1ccc(OCC)cc1. The molecule has 0 heterocycles. The average molecular weight is 396 g/mol. The van der Waals surface area contributed by atoms with Crippen LogP contribution in [0.3, 0.4) is 0 Å². The Balaban J connectivity index is 3.02. The molecule has 0 aliphatic carbocycles. The van der Waals surface area contributed by atoms with Crippen molar-refractivity contribution in [1.82, 2.24) is 4.67 Å². The molecule has 1 aromatic rings. The van der Waals surface area contributed by atoms with E-state index in [1.165, 1.54) is 10.9 Å². The van der Waals surface area contributed by atoms with Crippen LogP contribution in [0.1, 0.15) is 33.6 Å². The van der Waals surface area contributed by atoms with Crippen molar-refractivity contribution in [3.05, 3.63) is 35.0 Å². The zero-order chi connectivity index (χ0) is 18.0. The summed E-state index contributed by atoms with van der Waals surface area (Å²) in [5.74, 6) is 1.12. The predicted octanol–water partition coefficient (Wildman–Crippen LogP) is 5.99. The molecule has 0 saturated carbocycles. The molecule has 0 N–H and O–H groups in total. The lowest BCUT2D eigenvalue weighted by Gasteiger charge is -2.28. The highest BCUT2D eigenvalue weighted by Gasteiger charge is 2.33. The van der Waals surface area contributed by atoms with Crippen molar-refractivity contribution >= 4 is 30.9 Å². The molecule has 1 rings (SSSR count). The molecule has 0 aliphatic heterocycles. The van der Waals surface area contributed by atoms with E-state index in [9.17, 15) is 4.57 Å². The normalized spacial score (nSPS) is 13.0. The van der Waals surface area contributed by atoms with E-state index in [2.05, 4.69) is 0 Å². The molecule has 136 valence electrons. The first kappa shape index (κ1) is 21.2. The van der Waals surface area contributed by atoms with Crippen LogP contribution in [0.2, 0.25) is 0 Å². The fourth-order valence-electron chi connectivity index (χ4n) is 1.90. The molecule has 0 aromatic heterocycles. The van der Waals surface area contributed by atoms with Crippen LogP contribution in [0.4, 0.5) is 0 Å². The first-order valence-corrected chi connectivity index (χ1v) is 10.2. The maximum Gasteiger partial charge on any atom is 0.488 e. The summed E-state index contributed by atoms with van der Waals surface area (Å²) in [5, 5.41) is 0. The van der Waals surface area contributed by atoms with Crippen molar-refractivity contribution in [3.63, 3.8) is 0 Å². The molecule has 5 nitrogen and oxygen atoms in total. The number of hydrogen-bond donors (Lipinski definition) is 0. The van der Waals surface area contributed by atoms with Gasteiger partial charge in [0.2, 0.25) is 0 Å². The molecule has 1 aromatic carbocycles. The smallest absolute Gasteiger partial charge is 0.488 e. The summed E-state index contributed by atoms with van der Waals surface area (Å²) in [6.07, 6.45) is 3.09. The van der Waals surface area contributed by atoms with Crippen molar-refractivity contribution in [2.45, 2.75) is 33.6 Å². The molecule has 24 heavy (non-hydrogen) atoms. The first-order valence-electron chi connectivity index (χ1n) is 7.92. The number of halogens is 2. The molecule has 8 heteroatoms. The van der Waals surface area contributed by atoms with Gasteiger partial charge in [0.25, 0.3) is 0 Å². The third-order valence-corrected chi connectivity index (χ3v) is 5.12. The molecule has 0 aliphatic rings. The predicted molar refractivity (Wildman–Crippen MR) is 98.9 cm³/mol. The van der Waals surface area contributed by atoms with Crippen molar-refractivity contribution in [1.29, 1.82) is 0 Å². The number of benzene rings is 1. The topological polar surface area (TPSA) is 48.0 Å². The van der Waals surface area contributed by atoms with Crippen LogP contribution in [-0.2, 0) is 9.09 Å². The fraction of sp³-hybridized carbons (Fsp3) is 0.500. The van der Waals surface area contributed by atoms with E-state index in [1.54, 1.807) is 31.2 Å². The number of nitrogens with zero attached hydrogens (tertiary/aromatic N) is 1. The number of hydrogen-bond acceptors (Lipinski definition) is 4. The van der Waals surface area contributed by atoms with Crippen LogP contribution in [0.25, 0.3) is 0 Å². The Morgan fingerprint density at radius 3 is 2.25 bits per heavy atom. The molecule has 0 spiro atoms. The number of rotatable bonds is 11. The van der Waals surface area contributed by atoms with Gasteiger partial charge in [-0.25, -0.2) is 4.57 Å². The van der Waals surface area contributed by atoms with Gasteiger partial charge in [0.15, 0.2) is 0 Å². The van der Waals surface area contributed by atoms with Gasteiger partial charge in [-0.15, -0.1) is 0 Å². The summed E-state index contributed by atoms with van der Waals surface area (Å²) in [5.41, 5.74) is 0. The van der Waals surface area contributed by atoms with Crippen molar-refractivity contribution in [3.8, 4) is 11.5 Å². The zero-order valence-corrected chi connectivity index (χ0v) is 16.6. The molecule has 0 bridgehead atoms. The zero-order valence-electron chi connectivity index (χ0n) is 14.2.